The zero-order valence-corrected chi connectivity index (χ0v) is 62.1. The lowest BCUT2D eigenvalue weighted by Gasteiger charge is -2.45. The van der Waals surface area contributed by atoms with Crippen LogP contribution in [0.1, 0.15) is 49.4 Å². The maximum Gasteiger partial charge on any atom is 0.416 e. The Hall–Kier alpha value is -9.62. The smallest absolute Gasteiger partial charge is 0.416 e. The molecular formula is C86H84B7Cl3F16O-6. The summed E-state index contributed by atoms with van der Waals surface area (Å²) >= 11 is 16.9. The second kappa shape index (κ2) is 43.6. The van der Waals surface area contributed by atoms with E-state index >= 15 is 0 Å². The Morgan fingerprint density at radius 1 is 0.513 bits per heavy atom. The Bertz CT molecular complexity index is 4690. The molecule has 2 atom stereocenters. The van der Waals surface area contributed by atoms with E-state index in [4.69, 9.17) is 47.4 Å². The van der Waals surface area contributed by atoms with Gasteiger partial charge in [0.1, 0.15) is 43.4 Å². The highest BCUT2D eigenvalue weighted by molar-refractivity contribution is 7.20. The van der Waals surface area contributed by atoms with Crippen LogP contribution in [-0.4, -0.2) is 71.6 Å². The number of methoxy groups -OCH3 is 1. The van der Waals surface area contributed by atoms with Gasteiger partial charge in [0.25, 0.3) is 0 Å². The van der Waals surface area contributed by atoms with Crippen LogP contribution >= 0.6 is 34.8 Å². The minimum atomic E-state index is -4.75. The first-order valence-electron chi connectivity index (χ1n) is 33.1. The molecule has 11 rings (SSSR count). The van der Waals surface area contributed by atoms with Crippen LogP contribution in [0, 0.1) is 61.6 Å². The number of alkyl halides is 9. The first-order valence-corrected chi connectivity index (χ1v) is 34.3. The van der Waals surface area contributed by atoms with Gasteiger partial charge in [-0.25, -0.2) is 47.1 Å². The lowest BCUT2D eigenvalue weighted by Crippen LogP contribution is -2.74. The van der Waals surface area contributed by atoms with E-state index in [-0.39, 0.29) is 44.3 Å². The van der Waals surface area contributed by atoms with E-state index < -0.39 is 89.9 Å². The topological polar surface area (TPSA) is 9.23 Å². The molecule has 1 aliphatic carbocycles. The lowest BCUT2D eigenvalue weighted by atomic mass is 9.12. The predicted octanol–water partition coefficient (Wildman–Crippen LogP) is 15.3. The third kappa shape index (κ3) is 27.0. The Labute approximate surface area is 672 Å². The molecule has 113 heavy (non-hydrogen) atoms. The van der Waals surface area contributed by atoms with Gasteiger partial charge in [-0.1, -0.05) is 292 Å². The fourth-order valence-corrected chi connectivity index (χ4v) is 11.7. The summed E-state index contributed by atoms with van der Waals surface area (Å²) in [5.41, 5.74) is 9.29. The van der Waals surface area contributed by atoms with Crippen LogP contribution in [0.25, 0.3) is 0 Å². The van der Waals surface area contributed by atoms with Crippen molar-refractivity contribution in [2.75, 3.05) is 7.11 Å². The van der Waals surface area contributed by atoms with Gasteiger partial charge in [0.2, 0.25) is 0 Å². The molecular weight excluding hydrogens is 1530 g/mol. The summed E-state index contributed by atoms with van der Waals surface area (Å²) in [5, 5.41) is 1.89. The zero-order valence-electron chi connectivity index (χ0n) is 59.8. The number of ether oxygens (including phenoxy) is 1. The first kappa shape index (κ1) is 95.8. The standard InChI is InChI=1S/C28H25BF9.C25H22B.C7H9BCl.C7H9BFO.C7H9F.C6H3BCl2.C6H3BF5.BH4/c1-18-6-14-24(15-7-18)29(21(4)10-8-19(2)26(30,31)32,22(5)11-9-20(3)27(33,34)35)25-16-12-23(13-17-25)28(36,37)38;1-21-17-19-25(20-18-21)26(22-11-5-2-6-12-22,23-13-7-3-8-14-23)24-15-9-4-10-16-24;1-5-4-6(9)2-3-7(5)8;1-10-7-3-2-5(9)4-6(7)8;1-6-2-4-7(8)5-3-6;7-4-1-2-5(8)6(9)3-4;7-1-2(8)4(10)6(12)5(11)3(1)9;/h6-17H,2,4H2,1,3,5H3;2-20H,1H3;2-4H,1,8H3;2-4H,1,8H3;2,4-6H,3H2,1H3;1-3H;7H3;1H4/q4*-1;;;2*-1/b10-8-,20-9+,22-11+;;;;;;;. The van der Waals surface area contributed by atoms with Crippen molar-refractivity contribution in [3.63, 3.8) is 0 Å². The maximum atomic E-state index is 13.3. The van der Waals surface area contributed by atoms with Crippen LogP contribution in [0.4, 0.5) is 70.2 Å². The molecule has 0 amide bonds. The van der Waals surface area contributed by atoms with Gasteiger partial charge in [-0.15, -0.1) is 18.1 Å². The average molecular weight is 1620 g/mol. The van der Waals surface area contributed by atoms with Gasteiger partial charge >= 0.3 is 18.5 Å². The number of hydrogen-bond donors (Lipinski definition) is 0. The van der Waals surface area contributed by atoms with Crippen LogP contribution in [0.15, 0.2) is 302 Å². The minimum absolute atomic E-state index is 0. The number of halogens is 19. The summed E-state index contributed by atoms with van der Waals surface area (Å²) < 4.78 is 210. The molecule has 0 aliphatic heterocycles. The Morgan fingerprint density at radius 2 is 0.965 bits per heavy atom. The van der Waals surface area contributed by atoms with Crippen LogP contribution < -0.4 is 59.4 Å². The van der Waals surface area contributed by atoms with Gasteiger partial charge in [-0.2, -0.15) is 77.8 Å². The molecule has 0 N–H and O–H groups in total. The van der Waals surface area contributed by atoms with E-state index in [0.29, 0.717) is 40.8 Å². The van der Waals surface area contributed by atoms with E-state index in [1.165, 1.54) is 52.0 Å². The molecule has 594 valence electrons. The Kier molecular flexibility index (Phi) is 36.9. The van der Waals surface area contributed by atoms with Crippen molar-refractivity contribution >= 4 is 142 Å². The molecule has 0 fully saturated rings. The zero-order chi connectivity index (χ0) is 83.6. The van der Waals surface area contributed by atoms with Crippen molar-refractivity contribution in [1.82, 2.24) is 0 Å². The maximum absolute atomic E-state index is 13.3. The van der Waals surface area contributed by atoms with Crippen LogP contribution in [0.5, 0.6) is 5.75 Å². The van der Waals surface area contributed by atoms with Crippen LogP contribution in [0.3, 0.4) is 0 Å². The number of benzene rings is 10. The number of hydrogen-bond acceptors (Lipinski definition) is 1. The molecule has 0 saturated heterocycles. The van der Waals surface area contributed by atoms with Crippen molar-refractivity contribution < 1.29 is 75.0 Å². The second-order valence-electron chi connectivity index (χ2n) is 24.9. The van der Waals surface area contributed by atoms with E-state index in [9.17, 15) is 70.2 Å². The predicted molar refractivity (Wildman–Crippen MR) is 459 cm³/mol. The molecule has 27 heteroatoms. The molecule has 0 spiro atoms. The van der Waals surface area contributed by atoms with Crippen molar-refractivity contribution in [3.05, 3.63) is 374 Å². The molecule has 2 radical (unpaired) electrons. The van der Waals surface area contributed by atoms with E-state index in [1.807, 2.05) is 18.2 Å². The van der Waals surface area contributed by atoms with Gasteiger partial charge < -0.3 is 4.74 Å². The fourth-order valence-electron chi connectivity index (χ4n) is 11.2. The summed E-state index contributed by atoms with van der Waals surface area (Å²) in [6, 6.07) is 68.1. The normalized spacial score (nSPS) is 13.2. The number of aryl methyl sites for hydroxylation is 3. The molecule has 0 heterocycles. The molecule has 2 unspecified atom stereocenters. The molecule has 1 nitrogen and oxygen atoms in total. The highest BCUT2D eigenvalue weighted by Crippen LogP contribution is 2.33. The SMILES string of the molecule is C=C(/C=C\C(=C)C(F)(F)F)[B-](/C(C)=C/C=C(\C)C(F)(F)F)(c1ccc(C)cc1)c1ccc(C(F)(F)F)cc1.CC1C=CC(F)=CC1.Cc1ccc([B-](c2ccccc2)(c2ccccc2)c2ccccc2)cc1.[BH3-]c1c(F)c(F)c(F)c(F)c1F.[BH3-]c1cc(F)ccc1OC.[BH3-]c1ccc(Cl)cc1C.[BH4-].[B]c1ccc(Cl)c(Cl)c1. The number of rotatable bonds is 12. The molecule has 1 aliphatic rings. The van der Waals surface area contributed by atoms with Gasteiger partial charge in [0.05, 0.1) is 28.5 Å². The highest BCUT2D eigenvalue weighted by Gasteiger charge is 2.37. The van der Waals surface area contributed by atoms with Gasteiger partial charge in [0.15, 0.2) is 17.5 Å². The van der Waals surface area contributed by atoms with E-state index in [0.717, 1.165) is 77.6 Å². The number of allylic oxidation sites excluding steroid dienone is 12. The van der Waals surface area contributed by atoms with Crippen molar-refractivity contribution in [2.24, 2.45) is 5.92 Å². The van der Waals surface area contributed by atoms with Gasteiger partial charge in [0, 0.05) is 16.2 Å². The fraction of sp³-hybridized carbons (Fsp3) is 0.140. The van der Waals surface area contributed by atoms with E-state index in [1.54, 1.807) is 80.2 Å². The Balaban J connectivity index is 0.000000306. The van der Waals surface area contributed by atoms with Crippen molar-refractivity contribution in [2.45, 2.75) is 66.5 Å². The third-order valence-corrected chi connectivity index (χ3v) is 18.0. The van der Waals surface area contributed by atoms with Crippen molar-refractivity contribution in [3.8, 4) is 5.75 Å². The molecule has 10 aromatic rings. The second-order valence-corrected chi connectivity index (χ2v) is 26.1. The van der Waals surface area contributed by atoms with E-state index in [2.05, 4.69) is 155 Å². The minimum Gasteiger partial charge on any atom is -0.500 e. The Morgan fingerprint density at radius 3 is 1.35 bits per heavy atom. The molecule has 0 saturated carbocycles. The van der Waals surface area contributed by atoms with Crippen molar-refractivity contribution in [1.29, 1.82) is 0 Å². The largest absolute Gasteiger partial charge is 0.500 e. The van der Waals surface area contributed by atoms with Crippen LogP contribution in [0.2, 0.25) is 15.1 Å². The summed E-state index contributed by atoms with van der Waals surface area (Å²) in [6.45, 7) is 17.4. The third-order valence-electron chi connectivity index (χ3n) is 17.0. The summed E-state index contributed by atoms with van der Waals surface area (Å²) in [5.74, 6) is -8.03. The lowest BCUT2D eigenvalue weighted by molar-refractivity contribution is -0.137. The highest BCUT2D eigenvalue weighted by atomic mass is 35.5. The quantitative estimate of drug-likeness (QED) is 0.0389. The average Bonchev–Trinajstić information content (AvgIpc) is 0.734. The summed E-state index contributed by atoms with van der Waals surface area (Å²) in [4.78, 5) is 0. The van der Waals surface area contributed by atoms with Gasteiger partial charge in [-0.05, 0) is 112 Å². The monoisotopic (exact) mass is 1620 g/mol. The van der Waals surface area contributed by atoms with Gasteiger partial charge in [-0.3, -0.25) is 0 Å². The first-order chi connectivity index (χ1) is 52.5. The molecule has 0 aromatic heterocycles. The van der Waals surface area contributed by atoms with Crippen LogP contribution in [-0.2, 0) is 6.18 Å². The summed E-state index contributed by atoms with van der Waals surface area (Å²) in [7, 11) is 6.32. The molecule has 0 bridgehead atoms. The summed E-state index contributed by atoms with van der Waals surface area (Å²) in [6.07, 6.45) is -8.25. The molecule has 10 aromatic carbocycles.